The normalized spacial score (nSPS) is 12.9. The van der Waals surface area contributed by atoms with Crippen LogP contribution in [0.2, 0.25) is 0 Å². The molecule has 0 aliphatic heterocycles. The molecule has 20 heavy (non-hydrogen) atoms. The Kier molecular flexibility index (Phi) is 6.20. The SMILES string of the molecule is CCCC(C)NC(=O)c1ccccc1S(=O)(=O)CCC. The van der Waals surface area contributed by atoms with Crippen molar-refractivity contribution in [1.82, 2.24) is 5.32 Å². The molecule has 1 aromatic rings. The monoisotopic (exact) mass is 297 g/mol. The molecular weight excluding hydrogens is 274 g/mol. The van der Waals surface area contributed by atoms with Crippen molar-refractivity contribution in [3.8, 4) is 0 Å². The predicted octanol–water partition coefficient (Wildman–Crippen LogP) is 2.79. The molecule has 1 rings (SSSR count). The van der Waals surface area contributed by atoms with Gasteiger partial charge in [-0.2, -0.15) is 0 Å². The van der Waals surface area contributed by atoms with Gasteiger partial charge in [-0.25, -0.2) is 8.42 Å². The first kappa shape index (κ1) is 16.7. The van der Waals surface area contributed by atoms with Gasteiger partial charge in [0.15, 0.2) is 9.84 Å². The second kappa shape index (κ2) is 7.43. The molecule has 1 N–H and O–H groups in total. The summed E-state index contributed by atoms with van der Waals surface area (Å²) in [4.78, 5) is 12.4. The van der Waals surface area contributed by atoms with Crippen molar-refractivity contribution in [3.05, 3.63) is 29.8 Å². The Bertz CT molecular complexity index is 552. The molecule has 0 aromatic heterocycles. The Balaban J connectivity index is 3.05. The van der Waals surface area contributed by atoms with Crippen LogP contribution in [0.15, 0.2) is 29.2 Å². The molecule has 0 radical (unpaired) electrons. The number of rotatable bonds is 7. The summed E-state index contributed by atoms with van der Waals surface area (Å²) in [7, 11) is -3.39. The first-order valence-electron chi connectivity index (χ1n) is 7.05. The van der Waals surface area contributed by atoms with Crippen LogP contribution in [0.25, 0.3) is 0 Å². The van der Waals surface area contributed by atoms with E-state index in [1.165, 1.54) is 6.07 Å². The fourth-order valence-corrected chi connectivity index (χ4v) is 3.65. The highest BCUT2D eigenvalue weighted by Crippen LogP contribution is 2.18. The van der Waals surface area contributed by atoms with Crippen LogP contribution in [0.3, 0.4) is 0 Å². The van der Waals surface area contributed by atoms with Gasteiger partial charge in [0.25, 0.3) is 5.91 Å². The molecule has 0 heterocycles. The number of nitrogens with one attached hydrogen (secondary N) is 1. The molecule has 1 aromatic carbocycles. The third-order valence-electron chi connectivity index (χ3n) is 3.04. The standard InChI is InChI=1S/C15H23NO3S/c1-4-8-12(3)16-15(17)13-9-6-7-10-14(13)20(18,19)11-5-2/h6-7,9-10,12H,4-5,8,11H2,1-3H3,(H,16,17). The maximum atomic E-state index is 12.2. The van der Waals surface area contributed by atoms with E-state index in [0.717, 1.165) is 12.8 Å². The van der Waals surface area contributed by atoms with Crippen molar-refractivity contribution in [2.45, 2.75) is 51.0 Å². The number of sulfone groups is 1. The minimum atomic E-state index is -3.39. The zero-order valence-electron chi connectivity index (χ0n) is 12.3. The number of hydrogen-bond donors (Lipinski definition) is 1. The van der Waals surface area contributed by atoms with Crippen molar-refractivity contribution < 1.29 is 13.2 Å². The van der Waals surface area contributed by atoms with Crippen molar-refractivity contribution >= 4 is 15.7 Å². The second-order valence-electron chi connectivity index (χ2n) is 4.98. The molecule has 5 heteroatoms. The third-order valence-corrected chi connectivity index (χ3v) is 5.01. The van der Waals surface area contributed by atoms with E-state index >= 15 is 0 Å². The molecule has 0 saturated carbocycles. The predicted molar refractivity (Wildman–Crippen MR) is 80.6 cm³/mol. The van der Waals surface area contributed by atoms with Gasteiger partial charge in [0.05, 0.1) is 16.2 Å². The molecule has 1 amide bonds. The number of carbonyl (C=O) groups is 1. The molecule has 1 atom stereocenters. The summed E-state index contributed by atoms with van der Waals surface area (Å²) in [6, 6.07) is 6.44. The maximum absolute atomic E-state index is 12.2. The van der Waals surface area contributed by atoms with Crippen molar-refractivity contribution in [3.63, 3.8) is 0 Å². The quantitative estimate of drug-likeness (QED) is 0.841. The largest absolute Gasteiger partial charge is 0.350 e. The summed E-state index contributed by atoms with van der Waals surface area (Å²) >= 11 is 0. The molecule has 0 aliphatic rings. The lowest BCUT2D eigenvalue weighted by Gasteiger charge is -2.15. The average molecular weight is 297 g/mol. The summed E-state index contributed by atoms with van der Waals surface area (Å²) in [5, 5.41) is 2.85. The van der Waals surface area contributed by atoms with Crippen LogP contribution >= 0.6 is 0 Å². The average Bonchev–Trinajstić information content (AvgIpc) is 2.39. The van der Waals surface area contributed by atoms with Crippen LogP contribution in [0.4, 0.5) is 0 Å². The van der Waals surface area contributed by atoms with Crippen molar-refractivity contribution in [2.75, 3.05) is 5.75 Å². The van der Waals surface area contributed by atoms with Gasteiger partial charge in [-0.1, -0.05) is 32.4 Å². The van der Waals surface area contributed by atoms with Crippen LogP contribution in [0.1, 0.15) is 50.4 Å². The Morgan fingerprint density at radius 2 is 1.85 bits per heavy atom. The van der Waals surface area contributed by atoms with Crippen molar-refractivity contribution in [2.24, 2.45) is 0 Å². The van der Waals surface area contributed by atoms with Crippen LogP contribution in [0.5, 0.6) is 0 Å². The molecule has 112 valence electrons. The highest BCUT2D eigenvalue weighted by atomic mass is 32.2. The lowest BCUT2D eigenvalue weighted by Crippen LogP contribution is -2.33. The van der Waals surface area contributed by atoms with Gasteiger partial charge < -0.3 is 5.32 Å². The van der Waals surface area contributed by atoms with Gasteiger partial charge >= 0.3 is 0 Å². The number of amides is 1. The van der Waals surface area contributed by atoms with E-state index in [-0.39, 0.29) is 28.2 Å². The Hall–Kier alpha value is -1.36. The molecule has 4 nitrogen and oxygen atoms in total. The maximum Gasteiger partial charge on any atom is 0.252 e. The highest BCUT2D eigenvalue weighted by molar-refractivity contribution is 7.91. The van der Waals surface area contributed by atoms with Gasteiger partial charge in [-0.05, 0) is 31.9 Å². The van der Waals surface area contributed by atoms with Crippen LogP contribution in [-0.4, -0.2) is 26.1 Å². The lowest BCUT2D eigenvalue weighted by molar-refractivity contribution is 0.0935. The van der Waals surface area contributed by atoms with Gasteiger partial charge in [0.2, 0.25) is 0 Å². The van der Waals surface area contributed by atoms with Crippen LogP contribution in [-0.2, 0) is 9.84 Å². The van der Waals surface area contributed by atoms with Gasteiger partial charge in [-0.15, -0.1) is 0 Å². The summed E-state index contributed by atoms with van der Waals surface area (Å²) in [6.07, 6.45) is 2.37. The van der Waals surface area contributed by atoms with E-state index in [0.29, 0.717) is 6.42 Å². The molecule has 0 fully saturated rings. The molecule has 1 unspecified atom stereocenters. The summed E-state index contributed by atoms with van der Waals surface area (Å²) in [6.45, 7) is 5.77. The number of carbonyl (C=O) groups excluding carboxylic acids is 1. The van der Waals surface area contributed by atoms with E-state index in [9.17, 15) is 13.2 Å². The van der Waals surface area contributed by atoms with Crippen molar-refractivity contribution in [1.29, 1.82) is 0 Å². The zero-order valence-corrected chi connectivity index (χ0v) is 13.2. The lowest BCUT2D eigenvalue weighted by atomic mass is 10.1. The third kappa shape index (κ3) is 4.34. The first-order valence-corrected chi connectivity index (χ1v) is 8.70. The first-order chi connectivity index (χ1) is 9.42. The highest BCUT2D eigenvalue weighted by Gasteiger charge is 2.21. The number of hydrogen-bond acceptors (Lipinski definition) is 3. The van der Waals surface area contributed by atoms with Gasteiger partial charge in [-0.3, -0.25) is 4.79 Å². The van der Waals surface area contributed by atoms with E-state index in [2.05, 4.69) is 5.32 Å². The van der Waals surface area contributed by atoms with E-state index < -0.39 is 9.84 Å². The van der Waals surface area contributed by atoms with E-state index in [1.54, 1.807) is 18.2 Å². The second-order valence-corrected chi connectivity index (χ2v) is 7.06. The van der Waals surface area contributed by atoms with Crippen LogP contribution < -0.4 is 5.32 Å². The molecular formula is C15H23NO3S. The summed E-state index contributed by atoms with van der Waals surface area (Å²) in [5.74, 6) is -0.261. The molecule has 0 spiro atoms. The van der Waals surface area contributed by atoms with Gasteiger partial charge in [0, 0.05) is 6.04 Å². The van der Waals surface area contributed by atoms with Crippen LogP contribution in [0, 0.1) is 0 Å². The Morgan fingerprint density at radius 1 is 1.20 bits per heavy atom. The Labute approximate surface area is 121 Å². The molecule has 0 saturated heterocycles. The smallest absolute Gasteiger partial charge is 0.252 e. The summed E-state index contributed by atoms with van der Waals surface area (Å²) in [5.41, 5.74) is 0.240. The fraction of sp³-hybridized carbons (Fsp3) is 0.533. The Morgan fingerprint density at radius 3 is 2.45 bits per heavy atom. The fourth-order valence-electron chi connectivity index (χ4n) is 2.11. The summed E-state index contributed by atoms with van der Waals surface area (Å²) < 4.78 is 24.4. The zero-order chi connectivity index (χ0) is 15.2. The minimum absolute atomic E-state index is 0.0365. The van der Waals surface area contributed by atoms with E-state index in [4.69, 9.17) is 0 Å². The topological polar surface area (TPSA) is 63.2 Å². The molecule has 0 bridgehead atoms. The minimum Gasteiger partial charge on any atom is -0.350 e. The number of benzene rings is 1. The molecule has 0 aliphatic carbocycles. The van der Waals surface area contributed by atoms with Gasteiger partial charge in [0.1, 0.15) is 0 Å². The van der Waals surface area contributed by atoms with E-state index in [1.807, 2.05) is 20.8 Å².